The van der Waals surface area contributed by atoms with E-state index in [-0.39, 0.29) is 10.5 Å². The third-order valence-electron chi connectivity index (χ3n) is 3.81. The smallest absolute Gasteiger partial charge is 0.242 e. The fraction of sp³-hybridized carbons (Fsp3) is 0.571. The lowest BCUT2D eigenvalue weighted by Crippen LogP contribution is -2.45. The topological polar surface area (TPSA) is 67.4 Å². The highest BCUT2D eigenvalue weighted by Crippen LogP contribution is 2.35. The van der Waals surface area contributed by atoms with Gasteiger partial charge < -0.3 is 10.1 Å². The number of rotatable bonds is 7. The molecule has 0 aromatic heterocycles. The molecule has 1 aliphatic carbocycles. The van der Waals surface area contributed by atoms with Crippen LogP contribution in [0.3, 0.4) is 0 Å². The molecular weight excluding hydrogens is 276 g/mol. The SMILES string of the molecule is CCNS(=O)(=O)c1ccccc1NCC1(OC)CCC1. The Morgan fingerprint density at radius 3 is 2.55 bits per heavy atom. The molecule has 0 aliphatic heterocycles. The summed E-state index contributed by atoms with van der Waals surface area (Å²) in [7, 11) is -1.75. The van der Waals surface area contributed by atoms with Crippen LogP contribution in [0.25, 0.3) is 0 Å². The summed E-state index contributed by atoms with van der Waals surface area (Å²) in [6, 6.07) is 6.95. The Hall–Kier alpha value is -1.11. The van der Waals surface area contributed by atoms with Crippen LogP contribution in [0.1, 0.15) is 26.2 Å². The molecule has 6 heteroatoms. The molecule has 112 valence electrons. The van der Waals surface area contributed by atoms with E-state index in [1.165, 1.54) is 0 Å². The Labute approximate surface area is 120 Å². The first-order valence-electron chi connectivity index (χ1n) is 6.91. The third kappa shape index (κ3) is 3.13. The van der Waals surface area contributed by atoms with Gasteiger partial charge in [-0.15, -0.1) is 0 Å². The van der Waals surface area contributed by atoms with Gasteiger partial charge in [0.2, 0.25) is 10.0 Å². The molecule has 20 heavy (non-hydrogen) atoms. The van der Waals surface area contributed by atoms with Gasteiger partial charge in [0.1, 0.15) is 4.90 Å². The summed E-state index contributed by atoms with van der Waals surface area (Å²) < 4.78 is 32.4. The van der Waals surface area contributed by atoms with Crippen molar-refractivity contribution in [2.75, 3.05) is 25.5 Å². The lowest BCUT2D eigenvalue weighted by Gasteiger charge is -2.40. The molecule has 2 N–H and O–H groups in total. The van der Waals surface area contributed by atoms with E-state index < -0.39 is 10.0 Å². The number of para-hydroxylation sites is 1. The van der Waals surface area contributed by atoms with Crippen molar-refractivity contribution in [2.24, 2.45) is 0 Å². The maximum atomic E-state index is 12.1. The van der Waals surface area contributed by atoms with Gasteiger partial charge in [0.25, 0.3) is 0 Å². The fourth-order valence-corrected chi connectivity index (χ4v) is 3.62. The van der Waals surface area contributed by atoms with Crippen molar-refractivity contribution in [2.45, 2.75) is 36.7 Å². The molecular formula is C14H22N2O3S. The standard InChI is InChI=1S/C14H22N2O3S/c1-3-16-20(17,18)13-8-5-4-7-12(13)15-11-14(19-2)9-6-10-14/h4-5,7-8,15-16H,3,6,9-11H2,1-2H3. The Balaban J connectivity index is 2.16. The van der Waals surface area contributed by atoms with Gasteiger partial charge in [0.15, 0.2) is 0 Å². The van der Waals surface area contributed by atoms with Gasteiger partial charge in [-0.05, 0) is 31.4 Å². The highest BCUT2D eigenvalue weighted by Gasteiger charge is 2.37. The highest BCUT2D eigenvalue weighted by molar-refractivity contribution is 7.89. The molecule has 0 heterocycles. The quantitative estimate of drug-likeness (QED) is 0.807. The number of anilines is 1. The zero-order valence-electron chi connectivity index (χ0n) is 12.0. The first-order valence-corrected chi connectivity index (χ1v) is 8.39. The highest BCUT2D eigenvalue weighted by atomic mass is 32.2. The molecule has 1 aromatic rings. The van der Waals surface area contributed by atoms with Crippen LogP contribution in [0.5, 0.6) is 0 Å². The fourth-order valence-electron chi connectivity index (χ4n) is 2.40. The van der Waals surface area contributed by atoms with Crippen LogP contribution in [0.2, 0.25) is 0 Å². The summed E-state index contributed by atoms with van der Waals surface area (Å²) in [6.45, 7) is 2.77. The molecule has 2 rings (SSSR count). The summed E-state index contributed by atoms with van der Waals surface area (Å²) in [5.41, 5.74) is 0.478. The number of benzene rings is 1. The molecule has 1 fully saturated rings. The van der Waals surface area contributed by atoms with Crippen molar-refractivity contribution in [3.8, 4) is 0 Å². The largest absolute Gasteiger partial charge is 0.381 e. The van der Waals surface area contributed by atoms with Crippen molar-refractivity contribution in [3.63, 3.8) is 0 Å². The van der Waals surface area contributed by atoms with E-state index in [1.54, 1.807) is 32.2 Å². The molecule has 5 nitrogen and oxygen atoms in total. The van der Waals surface area contributed by atoms with Gasteiger partial charge in [-0.1, -0.05) is 19.1 Å². The maximum Gasteiger partial charge on any atom is 0.242 e. The van der Waals surface area contributed by atoms with Crippen molar-refractivity contribution < 1.29 is 13.2 Å². The second kappa shape index (κ2) is 6.11. The van der Waals surface area contributed by atoms with E-state index in [2.05, 4.69) is 10.0 Å². The van der Waals surface area contributed by atoms with Crippen molar-refractivity contribution in [1.82, 2.24) is 4.72 Å². The molecule has 0 saturated heterocycles. The van der Waals surface area contributed by atoms with Crippen LogP contribution >= 0.6 is 0 Å². The van der Waals surface area contributed by atoms with Gasteiger partial charge in [0, 0.05) is 20.2 Å². The van der Waals surface area contributed by atoms with E-state index in [4.69, 9.17) is 4.74 Å². The van der Waals surface area contributed by atoms with Crippen LogP contribution < -0.4 is 10.0 Å². The van der Waals surface area contributed by atoms with Gasteiger partial charge in [-0.3, -0.25) is 0 Å². The third-order valence-corrected chi connectivity index (χ3v) is 5.41. The van der Waals surface area contributed by atoms with Gasteiger partial charge in [-0.25, -0.2) is 13.1 Å². The first-order chi connectivity index (χ1) is 9.53. The molecule has 1 aliphatic rings. The molecule has 1 aromatic carbocycles. The first kappa shape index (κ1) is 15.3. The second-order valence-corrected chi connectivity index (χ2v) is 6.83. The Morgan fingerprint density at radius 1 is 1.30 bits per heavy atom. The monoisotopic (exact) mass is 298 g/mol. The van der Waals surface area contributed by atoms with Crippen molar-refractivity contribution >= 4 is 15.7 Å². The number of nitrogens with one attached hydrogen (secondary N) is 2. The Kier molecular flexibility index (Phi) is 4.67. The summed E-state index contributed by atoms with van der Waals surface area (Å²) in [6.07, 6.45) is 3.18. The second-order valence-electron chi connectivity index (χ2n) is 5.09. The maximum absolute atomic E-state index is 12.1. The molecule has 0 amide bonds. The van der Waals surface area contributed by atoms with Crippen molar-refractivity contribution in [3.05, 3.63) is 24.3 Å². The van der Waals surface area contributed by atoms with Crippen LogP contribution in [-0.4, -0.2) is 34.2 Å². The minimum Gasteiger partial charge on any atom is -0.381 e. The van der Waals surface area contributed by atoms with Crippen LogP contribution in [0.15, 0.2) is 29.2 Å². The van der Waals surface area contributed by atoms with E-state index in [9.17, 15) is 8.42 Å². The van der Waals surface area contributed by atoms with Crippen LogP contribution in [-0.2, 0) is 14.8 Å². The lowest BCUT2D eigenvalue weighted by atomic mass is 9.80. The van der Waals surface area contributed by atoms with E-state index >= 15 is 0 Å². The van der Waals surface area contributed by atoms with Crippen LogP contribution in [0, 0.1) is 0 Å². The summed E-state index contributed by atoms with van der Waals surface area (Å²) in [4.78, 5) is 0.285. The number of sulfonamides is 1. The average Bonchev–Trinajstić information content (AvgIpc) is 2.38. The Bertz CT molecular complexity index is 548. The number of hydrogen-bond donors (Lipinski definition) is 2. The predicted molar refractivity (Wildman–Crippen MR) is 79.4 cm³/mol. The van der Waals surface area contributed by atoms with Gasteiger partial charge in [-0.2, -0.15) is 0 Å². The Morgan fingerprint density at radius 2 is 2.00 bits per heavy atom. The zero-order chi connectivity index (χ0) is 14.6. The number of hydrogen-bond acceptors (Lipinski definition) is 4. The molecule has 1 saturated carbocycles. The van der Waals surface area contributed by atoms with E-state index in [1.807, 2.05) is 6.07 Å². The number of ether oxygens (including phenoxy) is 1. The van der Waals surface area contributed by atoms with E-state index in [0.717, 1.165) is 19.3 Å². The summed E-state index contributed by atoms with van der Waals surface area (Å²) in [5, 5.41) is 3.23. The van der Waals surface area contributed by atoms with Crippen molar-refractivity contribution in [1.29, 1.82) is 0 Å². The van der Waals surface area contributed by atoms with E-state index in [0.29, 0.717) is 18.8 Å². The molecule has 0 radical (unpaired) electrons. The predicted octanol–water partition coefficient (Wildman–Crippen LogP) is 1.97. The summed E-state index contributed by atoms with van der Waals surface area (Å²) in [5.74, 6) is 0. The number of methoxy groups -OCH3 is 1. The van der Waals surface area contributed by atoms with Crippen LogP contribution in [0.4, 0.5) is 5.69 Å². The average molecular weight is 298 g/mol. The minimum absolute atomic E-state index is 0.144. The normalized spacial score (nSPS) is 17.5. The molecule has 0 atom stereocenters. The minimum atomic E-state index is -3.46. The molecule has 0 spiro atoms. The summed E-state index contributed by atoms with van der Waals surface area (Å²) >= 11 is 0. The van der Waals surface area contributed by atoms with Gasteiger partial charge in [0.05, 0.1) is 11.3 Å². The zero-order valence-corrected chi connectivity index (χ0v) is 12.8. The molecule has 0 bridgehead atoms. The van der Waals surface area contributed by atoms with Gasteiger partial charge >= 0.3 is 0 Å². The molecule has 0 unspecified atom stereocenters. The lowest BCUT2D eigenvalue weighted by molar-refractivity contribution is -0.0601.